The standard InChI is InChI=1S/C28H36N2O3/c1-21-7-3-9-23(17-21)24-10-4-8-22(18-24)19-28(27(32)29-2)14-6-15-30(20-28)26(31)13-12-25-11-5-16-33-25/h3-4,7-10,17-18,25H,5-6,11-16,19-20H2,1-2H3,(H,29,32)/t25-,28-/m0/s1. The first-order chi connectivity index (χ1) is 16.0. The molecule has 0 radical (unpaired) electrons. The maximum atomic E-state index is 13.2. The minimum atomic E-state index is -0.599. The first-order valence-corrected chi connectivity index (χ1v) is 12.3. The third kappa shape index (κ3) is 5.64. The number of piperidine rings is 1. The van der Waals surface area contributed by atoms with E-state index < -0.39 is 5.41 Å². The van der Waals surface area contributed by atoms with Crippen LogP contribution in [0.5, 0.6) is 0 Å². The Morgan fingerprint density at radius 1 is 1.12 bits per heavy atom. The Morgan fingerprint density at radius 2 is 1.91 bits per heavy atom. The molecule has 33 heavy (non-hydrogen) atoms. The fourth-order valence-corrected chi connectivity index (χ4v) is 5.41. The van der Waals surface area contributed by atoms with Gasteiger partial charge in [0.05, 0.1) is 11.5 Å². The van der Waals surface area contributed by atoms with E-state index in [9.17, 15) is 9.59 Å². The van der Waals surface area contributed by atoms with Crippen LogP contribution in [0.3, 0.4) is 0 Å². The van der Waals surface area contributed by atoms with Gasteiger partial charge in [0.1, 0.15) is 0 Å². The molecule has 0 spiro atoms. The molecule has 0 saturated carbocycles. The number of aryl methyl sites for hydroxylation is 1. The number of ether oxygens (including phenoxy) is 1. The molecule has 2 aromatic rings. The van der Waals surface area contributed by atoms with Crippen molar-refractivity contribution in [1.82, 2.24) is 10.2 Å². The van der Waals surface area contributed by atoms with Crippen LogP contribution in [-0.2, 0) is 20.7 Å². The van der Waals surface area contributed by atoms with Crippen molar-refractivity contribution < 1.29 is 14.3 Å². The van der Waals surface area contributed by atoms with Crippen molar-refractivity contribution in [3.8, 4) is 11.1 Å². The van der Waals surface area contributed by atoms with Crippen molar-refractivity contribution in [3.05, 3.63) is 59.7 Å². The van der Waals surface area contributed by atoms with Gasteiger partial charge in [-0.25, -0.2) is 0 Å². The monoisotopic (exact) mass is 448 g/mol. The maximum absolute atomic E-state index is 13.2. The molecule has 2 aliphatic rings. The molecule has 0 aromatic heterocycles. The average Bonchev–Trinajstić information content (AvgIpc) is 3.36. The van der Waals surface area contributed by atoms with Gasteiger partial charge >= 0.3 is 0 Å². The van der Waals surface area contributed by atoms with Crippen LogP contribution in [0.2, 0.25) is 0 Å². The second kappa shape index (κ2) is 10.5. The molecule has 2 aliphatic heterocycles. The fraction of sp³-hybridized carbons (Fsp3) is 0.500. The SMILES string of the molecule is CNC(=O)[C@]1(Cc2cccc(-c3cccc(C)c3)c2)CCCN(C(=O)CC[C@@H]2CCCO2)C1. The number of rotatable bonds is 7. The molecule has 2 amide bonds. The molecular weight excluding hydrogens is 412 g/mol. The highest BCUT2D eigenvalue weighted by Gasteiger charge is 2.43. The normalized spacial score (nSPS) is 22.8. The summed E-state index contributed by atoms with van der Waals surface area (Å²) in [4.78, 5) is 28.1. The van der Waals surface area contributed by atoms with Gasteiger partial charge in [-0.15, -0.1) is 0 Å². The Labute approximate surface area is 197 Å². The van der Waals surface area contributed by atoms with Crippen LogP contribution in [0.25, 0.3) is 11.1 Å². The molecule has 0 unspecified atom stereocenters. The summed E-state index contributed by atoms with van der Waals surface area (Å²) in [7, 11) is 1.70. The lowest BCUT2D eigenvalue weighted by molar-refractivity contribution is -0.141. The van der Waals surface area contributed by atoms with Gasteiger partial charge in [-0.1, -0.05) is 54.1 Å². The lowest BCUT2D eigenvalue weighted by atomic mass is 9.74. The predicted molar refractivity (Wildman–Crippen MR) is 131 cm³/mol. The van der Waals surface area contributed by atoms with E-state index in [4.69, 9.17) is 4.74 Å². The van der Waals surface area contributed by atoms with Crippen molar-refractivity contribution in [2.24, 2.45) is 5.41 Å². The number of likely N-dealkylation sites (tertiary alicyclic amines) is 1. The van der Waals surface area contributed by atoms with E-state index in [0.29, 0.717) is 19.4 Å². The second-order valence-electron chi connectivity index (χ2n) is 9.70. The molecule has 0 aliphatic carbocycles. The summed E-state index contributed by atoms with van der Waals surface area (Å²) >= 11 is 0. The van der Waals surface area contributed by atoms with Crippen LogP contribution >= 0.6 is 0 Å². The summed E-state index contributed by atoms with van der Waals surface area (Å²) in [6.45, 7) is 4.11. The zero-order valence-electron chi connectivity index (χ0n) is 19.9. The van der Waals surface area contributed by atoms with Crippen LogP contribution in [0.15, 0.2) is 48.5 Å². The van der Waals surface area contributed by atoms with Crippen molar-refractivity contribution in [3.63, 3.8) is 0 Å². The summed E-state index contributed by atoms with van der Waals surface area (Å²) in [6.07, 6.45) is 5.89. The molecule has 2 heterocycles. The molecule has 176 valence electrons. The van der Waals surface area contributed by atoms with E-state index in [0.717, 1.165) is 56.4 Å². The molecule has 2 saturated heterocycles. The molecule has 2 fully saturated rings. The van der Waals surface area contributed by atoms with Gasteiger partial charge in [-0.2, -0.15) is 0 Å². The van der Waals surface area contributed by atoms with E-state index in [-0.39, 0.29) is 17.9 Å². The van der Waals surface area contributed by atoms with Gasteiger partial charge in [0.15, 0.2) is 0 Å². The molecule has 5 nitrogen and oxygen atoms in total. The van der Waals surface area contributed by atoms with Crippen LogP contribution in [0.1, 0.15) is 49.7 Å². The second-order valence-corrected chi connectivity index (χ2v) is 9.70. The highest BCUT2D eigenvalue weighted by molar-refractivity contribution is 5.85. The number of hydrogen-bond donors (Lipinski definition) is 1. The van der Waals surface area contributed by atoms with Gasteiger partial charge in [-0.3, -0.25) is 9.59 Å². The predicted octanol–water partition coefficient (Wildman–Crippen LogP) is 4.52. The minimum Gasteiger partial charge on any atom is -0.378 e. The Balaban J connectivity index is 1.50. The van der Waals surface area contributed by atoms with Crippen LogP contribution < -0.4 is 5.32 Å². The number of carbonyl (C=O) groups excluding carboxylic acids is 2. The third-order valence-electron chi connectivity index (χ3n) is 7.16. The van der Waals surface area contributed by atoms with Crippen molar-refractivity contribution in [1.29, 1.82) is 0 Å². The summed E-state index contributed by atoms with van der Waals surface area (Å²) in [5, 5.41) is 2.89. The maximum Gasteiger partial charge on any atom is 0.228 e. The van der Waals surface area contributed by atoms with E-state index in [1.54, 1.807) is 7.05 Å². The van der Waals surface area contributed by atoms with Gasteiger partial charge in [0, 0.05) is 33.2 Å². The quantitative estimate of drug-likeness (QED) is 0.678. The van der Waals surface area contributed by atoms with Crippen LogP contribution in [0, 0.1) is 12.3 Å². The Morgan fingerprint density at radius 3 is 2.64 bits per heavy atom. The summed E-state index contributed by atoms with van der Waals surface area (Å²) < 4.78 is 5.69. The zero-order valence-corrected chi connectivity index (χ0v) is 19.9. The summed E-state index contributed by atoms with van der Waals surface area (Å²) in [5.41, 5.74) is 4.09. The lowest BCUT2D eigenvalue weighted by Crippen LogP contribution is -2.54. The highest BCUT2D eigenvalue weighted by Crippen LogP contribution is 2.36. The summed E-state index contributed by atoms with van der Waals surface area (Å²) in [6, 6.07) is 17.0. The van der Waals surface area contributed by atoms with Crippen molar-refractivity contribution in [2.45, 2.75) is 58.0 Å². The molecule has 4 rings (SSSR count). The van der Waals surface area contributed by atoms with Crippen molar-refractivity contribution >= 4 is 11.8 Å². The van der Waals surface area contributed by atoms with Crippen LogP contribution in [-0.4, -0.2) is 49.6 Å². The van der Waals surface area contributed by atoms with Crippen molar-refractivity contribution in [2.75, 3.05) is 26.7 Å². The molecule has 0 bridgehead atoms. The Kier molecular flexibility index (Phi) is 7.49. The zero-order chi connectivity index (χ0) is 23.3. The number of nitrogens with zero attached hydrogens (tertiary/aromatic N) is 1. The highest BCUT2D eigenvalue weighted by atomic mass is 16.5. The lowest BCUT2D eigenvalue weighted by Gasteiger charge is -2.42. The molecule has 1 N–H and O–H groups in total. The van der Waals surface area contributed by atoms with Gasteiger partial charge < -0.3 is 15.0 Å². The third-order valence-corrected chi connectivity index (χ3v) is 7.16. The fourth-order valence-electron chi connectivity index (χ4n) is 5.41. The number of amides is 2. The first kappa shape index (κ1) is 23.5. The first-order valence-electron chi connectivity index (χ1n) is 12.3. The molecular formula is C28H36N2O3. The van der Waals surface area contributed by atoms with E-state index >= 15 is 0 Å². The van der Waals surface area contributed by atoms with E-state index in [1.807, 2.05) is 4.90 Å². The number of carbonyl (C=O) groups is 2. The average molecular weight is 449 g/mol. The number of benzene rings is 2. The van der Waals surface area contributed by atoms with Gasteiger partial charge in [-0.05, 0) is 62.1 Å². The molecule has 2 atom stereocenters. The van der Waals surface area contributed by atoms with E-state index in [1.165, 1.54) is 11.1 Å². The van der Waals surface area contributed by atoms with Crippen LogP contribution in [0.4, 0.5) is 0 Å². The topological polar surface area (TPSA) is 58.6 Å². The molecule has 2 aromatic carbocycles. The number of nitrogens with one attached hydrogen (secondary N) is 1. The molecule has 5 heteroatoms. The Bertz CT molecular complexity index is 983. The Hall–Kier alpha value is -2.66. The smallest absolute Gasteiger partial charge is 0.228 e. The summed E-state index contributed by atoms with van der Waals surface area (Å²) in [5.74, 6) is 0.173. The number of hydrogen-bond acceptors (Lipinski definition) is 3. The van der Waals surface area contributed by atoms with Gasteiger partial charge in [0.2, 0.25) is 11.8 Å². The minimum absolute atomic E-state index is 0.0279. The van der Waals surface area contributed by atoms with E-state index in [2.05, 4.69) is 60.8 Å². The van der Waals surface area contributed by atoms with Gasteiger partial charge in [0.25, 0.3) is 0 Å². The largest absolute Gasteiger partial charge is 0.378 e.